The van der Waals surface area contributed by atoms with E-state index in [4.69, 9.17) is 0 Å². The molecule has 0 radical (unpaired) electrons. The van der Waals surface area contributed by atoms with Crippen LogP contribution in [0.5, 0.6) is 0 Å². The number of hydrogen-bond donors (Lipinski definition) is 2. The van der Waals surface area contributed by atoms with Crippen molar-refractivity contribution >= 4 is 11.3 Å². The molecular weight excluding hydrogens is 278 g/mol. The Morgan fingerprint density at radius 2 is 2.24 bits per heavy atom. The maximum Gasteiger partial charge on any atom is 0.109 e. The fourth-order valence-corrected chi connectivity index (χ4v) is 4.87. The quantitative estimate of drug-likeness (QED) is 0.871. The molecule has 0 aromatic carbocycles. The maximum atomic E-state index is 4.61. The van der Waals surface area contributed by atoms with Gasteiger partial charge in [-0.15, -0.1) is 11.3 Å². The van der Waals surface area contributed by atoms with Crippen molar-refractivity contribution in [1.82, 2.24) is 15.6 Å². The molecule has 3 rings (SSSR count). The van der Waals surface area contributed by atoms with Gasteiger partial charge in [0.15, 0.2) is 0 Å². The van der Waals surface area contributed by atoms with Gasteiger partial charge >= 0.3 is 0 Å². The van der Waals surface area contributed by atoms with E-state index in [2.05, 4.69) is 29.5 Å². The second kappa shape index (κ2) is 7.21. The zero-order chi connectivity index (χ0) is 14.7. The minimum Gasteiger partial charge on any atom is -0.314 e. The second-order valence-corrected chi connectivity index (χ2v) is 7.81. The Hall–Kier alpha value is -0.450. The summed E-state index contributed by atoms with van der Waals surface area (Å²) in [6.07, 6.45) is 11.4. The molecule has 1 aliphatic heterocycles. The average molecular weight is 308 g/mol. The molecule has 0 spiro atoms. The number of aryl methyl sites for hydroxylation is 1. The van der Waals surface area contributed by atoms with E-state index in [0.29, 0.717) is 12.1 Å². The van der Waals surface area contributed by atoms with E-state index < -0.39 is 0 Å². The molecular formula is C17H29N3S. The van der Waals surface area contributed by atoms with Gasteiger partial charge in [0.05, 0.1) is 6.04 Å². The largest absolute Gasteiger partial charge is 0.314 e. The fourth-order valence-electron chi connectivity index (χ4n) is 4.00. The second-order valence-electron chi connectivity index (χ2n) is 6.66. The fraction of sp³-hybridized carbons (Fsp3) is 0.824. The lowest BCUT2D eigenvalue weighted by Gasteiger charge is -2.34. The molecule has 2 aliphatic rings. The van der Waals surface area contributed by atoms with Gasteiger partial charge in [-0.05, 0) is 51.5 Å². The SMILES string of the molecule is CCc1cnc(C(C)NC2CCCC2C2CCCCN2)s1. The van der Waals surface area contributed by atoms with Gasteiger partial charge in [0.25, 0.3) is 0 Å². The molecule has 1 saturated carbocycles. The van der Waals surface area contributed by atoms with Crippen LogP contribution in [0.1, 0.15) is 68.3 Å². The van der Waals surface area contributed by atoms with Crippen LogP contribution in [0.4, 0.5) is 0 Å². The molecule has 1 aromatic heterocycles. The van der Waals surface area contributed by atoms with E-state index in [9.17, 15) is 0 Å². The Labute approximate surface area is 132 Å². The van der Waals surface area contributed by atoms with Crippen molar-refractivity contribution in [1.29, 1.82) is 0 Å². The predicted molar refractivity (Wildman–Crippen MR) is 89.8 cm³/mol. The molecule has 1 aromatic rings. The molecule has 0 amide bonds. The summed E-state index contributed by atoms with van der Waals surface area (Å²) < 4.78 is 0. The van der Waals surface area contributed by atoms with Crippen LogP contribution < -0.4 is 10.6 Å². The van der Waals surface area contributed by atoms with Crippen LogP contribution in [0.2, 0.25) is 0 Å². The van der Waals surface area contributed by atoms with Crippen LogP contribution in [0.3, 0.4) is 0 Å². The van der Waals surface area contributed by atoms with E-state index >= 15 is 0 Å². The van der Waals surface area contributed by atoms with Crippen molar-refractivity contribution in [3.63, 3.8) is 0 Å². The smallest absolute Gasteiger partial charge is 0.109 e. The highest BCUT2D eigenvalue weighted by Crippen LogP contribution is 2.33. The number of hydrogen-bond acceptors (Lipinski definition) is 4. The van der Waals surface area contributed by atoms with Crippen LogP contribution >= 0.6 is 11.3 Å². The Morgan fingerprint density at radius 1 is 1.33 bits per heavy atom. The van der Waals surface area contributed by atoms with Crippen molar-refractivity contribution in [2.75, 3.05) is 6.54 Å². The number of piperidine rings is 1. The number of aromatic nitrogens is 1. The van der Waals surface area contributed by atoms with Crippen LogP contribution in [0.25, 0.3) is 0 Å². The third-order valence-electron chi connectivity index (χ3n) is 5.19. The predicted octanol–water partition coefficient (Wildman–Crippen LogP) is 3.67. The lowest BCUT2D eigenvalue weighted by atomic mass is 9.88. The van der Waals surface area contributed by atoms with E-state index in [1.54, 1.807) is 0 Å². The Bertz CT molecular complexity index is 439. The van der Waals surface area contributed by atoms with Crippen molar-refractivity contribution in [2.24, 2.45) is 5.92 Å². The number of nitrogens with zero attached hydrogens (tertiary/aromatic N) is 1. The van der Waals surface area contributed by atoms with Gasteiger partial charge in [-0.25, -0.2) is 4.98 Å². The monoisotopic (exact) mass is 307 g/mol. The van der Waals surface area contributed by atoms with Crippen LogP contribution in [-0.2, 0) is 6.42 Å². The maximum absolute atomic E-state index is 4.61. The third kappa shape index (κ3) is 3.66. The van der Waals surface area contributed by atoms with Gasteiger partial charge in [-0.1, -0.05) is 19.8 Å². The van der Waals surface area contributed by atoms with Crippen LogP contribution in [0, 0.1) is 5.92 Å². The summed E-state index contributed by atoms with van der Waals surface area (Å²) in [6.45, 7) is 5.70. The lowest BCUT2D eigenvalue weighted by molar-refractivity contribution is 0.248. The molecule has 4 atom stereocenters. The highest BCUT2D eigenvalue weighted by molar-refractivity contribution is 7.11. The van der Waals surface area contributed by atoms with Crippen molar-refractivity contribution in [2.45, 2.75) is 76.9 Å². The first-order valence-electron chi connectivity index (χ1n) is 8.72. The van der Waals surface area contributed by atoms with Gasteiger partial charge in [0, 0.05) is 23.2 Å². The van der Waals surface area contributed by atoms with Crippen molar-refractivity contribution < 1.29 is 0 Å². The van der Waals surface area contributed by atoms with E-state index in [0.717, 1.165) is 18.4 Å². The first-order chi connectivity index (χ1) is 10.3. The minimum absolute atomic E-state index is 0.393. The van der Waals surface area contributed by atoms with E-state index in [1.165, 1.54) is 55.0 Å². The number of rotatable bonds is 5. The first-order valence-corrected chi connectivity index (χ1v) is 9.53. The van der Waals surface area contributed by atoms with Gasteiger partial charge in [0.2, 0.25) is 0 Å². The van der Waals surface area contributed by atoms with Crippen molar-refractivity contribution in [3.8, 4) is 0 Å². The normalized spacial score (nSPS) is 31.4. The summed E-state index contributed by atoms with van der Waals surface area (Å²) in [7, 11) is 0. The Morgan fingerprint density at radius 3 is 2.95 bits per heavy atom. The summed E-state index contributed by atoms with van der Waals surface area (Å²) in [5, 5.41) is 8.91. The number of nitrogens with one attached hydrogen (secondary N) is 2. The summed E-state index contributed by atoms with van der Waals surface area (Å²) in [4.78, 5) is 6.01. The number of thiazole rings is 1. The molecule has 118 valence electrons. The molecule has 2 N–H and O–H groups in total. The standard InChI is InChI=1S/C17H29N3S/c1-3-13-11-19-17(21-13)12(2)20-16-9-6-7-14(16)15-8-4-5-10-18-15/h11-12,14-16,18,20H,3-10H2,1-2H3. The summed E-state index contributed by atoms with van der Waals surface area (Å²) in [6, 6.07) is 1.81. The zero-order valence-corrected chi connectivity index (χ0v) is 14.2. The first kappa shape index (κ1) is 15.4. The Balaban J connectivity index is 1.59. The average Bonchev–Trinajstić information content (AvgIpc) is 3.17. The van der Waals surface area contributed by atoms with Gasteiger partial charge in [-0.2, -0.15) is 0 Å². The highest BCUT2D eigenvalue weighted by Gasteiger charge is 2.35. The molecule has 4 heteroatoms. The molecule has 1 aliphatic carbocycles. The molecule has 4 unspecified atom stereocenters. The summed E-state index contributed by atoms with van der Waals surface area (Å²) in [5.74, 6) is 0.818. The molecule has 2 fully saturated rings. The van der Waals surface area contributed by atoms with Gasteiger partial charge in [0.1, 0.15) is 5.01 Å². The van der Waals surface area contributed by atoms with E-state index in [1.807, 2.05) is 17.5 Å². The van der Waals surface area contributed by atoms with Gasteiger partial charge in [-0.3, -0.25) is 0 Å². The highest BCUT2D eigenvalue weighted by atomic mass is 32.1. The van der Waals surface area contributed by atoms with Crippen molar-refractivity contribution in [3.05, 3.63) is 16.1 Å². The Kier molecular flexibility index (Phi) is 5.30. The lowest BCUT2D eigenvalue weighted by Crippen LogP contribution is -2.47. The summed E-state index contributed by atoms with van der Waals surface area (Å²) in [5.41, 5.74) is 0. The topological polar surface area (TPSA) is 37.0 Å². The van der Waals surface area contributed by atoms with Crippen LogP contribution in [-0.4, -0.2) is 23.6 Å². The molecule has 1 saturated heterocycles. The molecule has 21 heavy (non-hydrogen) atoms. The summed E-state index contributed by atoms with van der Waals surface area (Å²) >= 11 is 1.87. The third-order valence-corrected chi connectivity index (χ3v) is 6.51. The molecule has 0 bridgehead atoms. The van der Waals surface area contributed by atoms with Gasteiger partial charge < -0.3 is 10.6 Å². The van der Waals surface area contributed by atoms with Crippen LogP contribution in [0.15, 0.2) is 6.20 Å². The molecule has 3 nitrogen and oxygen atoms in total. The zero-order valence-electron chi connectivity index (χ0n) is 13.4. The van der Waals surface area contributed by atoms with E-state index in [-0.39, 0.29) is 0 Å². The molecule has 2 heterocycles. The minimum atomic E-state index is 0.393.